The number of carbonyl (C=O) groups excluding carboxylic acids is 2. The first kappa shape index (κ1) is 16.2. The van der Waals surface area contributed by atoms with Gasteiger partial charge in [0.05, 0.1) is 11.8 Å². The van der Waals surface area contributed by atoms with Crippen LogP contribution in [0.2, 0.25) is 0 Å². The molecule has 24 heavy (non-hydrogen) atoms. The third kappa shape index (κ3) is 2.79. The van der Waals surface area contributed by atoms with Gasteiger partial charge in [0.1, 0.15) is 0 Å². The first-order valence-electron chi connectivity index (χ1n) is 7.92. The maximum atomic E-state index is 12.6. The first-order chi connectivity index (χ1) is 11.4. The second-order valence-electron chi connectivity index (χ2n) is 6.61. The Labute approximate surface area is 140 Å². The number of carbonyl (C=O) groups is 3. The molecule has 0 heterocycles. The van der Waals surface area contributed by atoms with E-state index in [0.717, 1.165) is 0 Å². The number of carboxylic acids is 1. The molecule has 0 saturated heterocycles. The summed E-state index contributed by atoms with van der Waals surface area (Å²) in [6.45, 7) is 0. The second-order valence-corrected chi connectivity index (χ2v) is 6.61. The fourth-order valence-electron chi connectivity index (χ4n) is 3.73. The molecular formula is C18H20N2O4. The Morgan fingerprint density at radius 1 is 1.12 bits per heavy atom. The van der Waals surface area contributed by atoms with Gasteiger partial charge in [0, 0.05) is 25.3 Å². The Hall–Kier alpha value is -2.63. The third-order valence-corrected chi connectivity index (χ3v) is 4.83. The van der Waals surface area contributed by atoms with Gasteiger partial charge in [-0.1, -0.05) is 18.2 Å². The highest BCUT2D eigenvalue weighted by Crippen LogP contribution is 2.48. The number of benzene rings is 1. The fraction of sp³-hybridized carbons (Fsp3) is 0.389. The van der Waals surface area contributed by atoms with Crippen LogP contribution in [0.4, 0.5) is 5.69 Å². The Morgan fingerprint density at radius 3 is 2.42 bits per heavy atom. The van der Waals surface area contributed by atoms with Crippen molar-refractivity contribution < 1.29 is 19.5 Å². The van der Waals surface area contributed by atoms with Gasteiger partial charge in [-0.25, -0.2) is 0 Å². The van der Waals surface area contributed by atoms with Gasteiger partial charge >= 0.3 is 5.97 Å². The molecule has 1 fully saturated rings. The molecule has 6 heteroatoms. The van der Waals surface area contributed by atoms with E-state index in [0.29, 0.717) is 17.7 Å². The Morgan fingerprint density at radius 2 is 1.79 bits per heavy atom. The summed E-state index contributed by atoms with van der Waals surface area (Å²) in [5.74, 6) is -2.71. The van der Waals surface area contributed by atoms with Gasteiger partial charge in [0.15, 0.2) is 0 Å². The highest BCUT2D eigenvalue weighted by Gasteiger charge is 2.51. The summed E-state index contributed by atoms with van der Waals surface area (Å²) in [5.41, 5.74) is 0.976. The van der Waals surface area contributed by atoms with E-state index in [1.807, 2.05) is 12.2 Å². The molecule has 2 amide bonds. The van der Waals surface area contributed by atoms with Crippen LogP contribution in [0, 0.1) is 23.7 Å². The largest absolute Gasteiger partial charge is 0.481 e. The summed E-state index contributed by atoms with van der Waals surface area (Å²) in [7, 11) is 3.32. The first-order valence-corrected chi connectivity index (χ1v) is 7.92. The zero-order valence-corrected chi connectivity index (χ0v) is 13.6. The molecule has 0 aromatic heterocycles. The lowest BCUT2D eigenvalue weighted by atomic mass is 9.82. The third-order valence-electron chi connectivity index (χ3n) is 4.83. The van der Waals surface area contributed by atoms with Crippen molar-refractivity contribution in [3.8, 4) is 0 Å². The van der Waals surface area contributed by atoms with Crippen LogP contribution < -0.4 is 5.32 Å². The maximum Gasteiger partial charge on any atom is 0.307 e. The van der Waals surface area contributed by atoms with E-state index in [4.69, 9.17) is 0 Å². The number of hydrogen-bond donors (Lipinski definition) is 2. The number of anilines is 1. The lowest BCUT2D eigenvalue weighted by Crippen LogP contribution is -2.36. The number of nitrogens with one attached hydrogen (secondary N) is 1. The molecule has 4 atom stereocenters. The summed E-state index contributed by atoms with van der Waals surface area (Å²) in [4.78, 5) is 37.6. The molecule has 3 rings (SSSR count). The van der Waals surface area contributed by atoms with Crippen LogP contribution in [0.15, 0.2) is 36.4 Å². The Balaban J connectivity index is 1.78. The minimum absolute atomic E-state index is 0.0253. The van der Waals surface area contributed by atoms with E-state index in [1.54, 1.807) is 38.4 Å². The summed E-state index contributed by atoms with van der Waals surface area (Å²) in [6.07, 6.45) is 4.57. The van der Waals surface area contributed by atoms with Gasteiger partial charge in [0.25, 0.3) is 5.91 Å². The van der Waals surface area contributed by atoms with Crippen molar-refractivity contribution in [3.05, 3.63) is 42.0 Å². The van der Waals surface area contributed by atoms with E-state index in [2.05, 4.69) is 5.32 Å². The molecule has 1 aromatic rings. The van der Waals surface area contributed by atoms with Gasteiger partial charge in [0.2, 0.25) is 5.91 Å². The molecule has 6 nitrogen and oxygen atoms in total. The normalized spacial score (nSPS) is 27.1. The van der Waals surface area contributed by atoms with Crippen LogP contribution in [0.1, 0.15) is 16.8 Å². The van der Waals surface area contributed by atoms with E-state index in [9.17, 15) is 19.5 Å². The molecule has 0 unspecified atom stereocenters. The predicted octanol–water partition coefficient (Wildman–Crippen LogP) is 1.85. The van der Waals surface area contributed by atoms with Crippen LogP contribution in [-0.4, -0.2) is 41.9 Å². The molecule has 2 aliphatic carbocycles. The molecule has 2 bridgehead atoms. The number of fused-ring (bicyclic) bond motifs is 2. The lowest BCUT2D eigenvalue weighted by molar-refractivity contribution is -0.146. The predicted molar refractivity (Wildman–Crippen MR) is 88.4 cm³/mol. The number of carboxylic acid groups (broad SMARTS) is 1. The highest BCUT2D eigenvalue weighted by molar-refractivity contribution is 5.99. The SMILES string of the molecule is CN(C)C(=O)c1cccc(NC(=O)[C@@H]2[C@H](C(=O)O)[C@H]3C=C[C@H]2C3)c1. The molecule has 0 radical (unpaired) electrons. The van der Waals surface area contributed by atoms with Crippen molar-refractivity contribution >= 4 is 23.5 Å². The van der Waals surface area contributed by atoms with Crippen molar-refractivity contribution in [2.75, 3.05) is 19.4 Å². The van der Waals surface area contributed by atoms with Gasteiger partial charge in [-0.2, -0.15) is 0 Å². The van der Waals surface area contributed by atoms with Gasteiger partial charge in [-0.3, -0.25) is 14.4 Å². The number of aliphatic carboxylic acids is 1. The second kappa shape index (κ2) is 6.11. The number of rotatable bonds is 4. The van der Waals surface area contributed by atoms with Gasteiger partial charge in [-0.15, -0.1) is 0 Å². The number of hydrogen-bond acceptors (Lipinski definition) is 3. The van der Waals surface area contributed by atoms with Gasteiger partial charge in [-0.05, 0) is 36.5 Å². The summed E-state index contributed by atoms with van der Waals surface area (Å²) < 4.78 is 0. The van der Waals surface area contributed by atoms with Crippen molar-refractivity contribution in [1.82, 2.24) is 4.90 Å². The summed E-state index contributed by atoms with van der Waals surface area (Å²) in [6, 6.07) is 6.68. The monoisotopic (exact) mass is 328 g/mol. The van der Waals surface area contributed by atoms with E-state index >= 15 is 0 Å². The van der Waals surface area contributed by atoms with Crippen molar-refractivity contribution in [3.63, 3.8) is 0 Å². The average Bonchev–Trinajstić information content (AvgIpc) is 3.15. The molecule has 2 aliphatic rings. The zero-order chi connectivity index (χ0) is 17.4. The minimum atomic E-state index is -0.927. The molecule has 1 aromatic carbocycles. The van der Waals surface area contributed by atoms with E-state index < -0.39 is 17.8 Å². The molecule has 0 spiro atoms. The quantitative estimate of drug-likeness (QED) is 0.826. The topological polar surface area (TPSA) is 86.7 Å². The fourth-order valence-corrected chi connectivity index (χ4v) is 3.73. The minimum Gasteiger partial charge on any atom is -0.481 e. The number of allylic oxidation sites excluding steroid dienone is 2. The molecule has 126 valence electrons. The van der Waals surface area contributed by atoms with Crippen LogP contribution in [-0.2, 0) is 9.59 Å². The summed E-state index contributed by atoms with van der Waals surface area (Å²) in [5, 5.41) is 12.2. The van der Waals surface area contributed by atoms with E-state index in [-0.39, 0.29) is 23.7 Å². The Bertz CT molecular complexity index is 725. The van der Waals surface area contributed by atoms with Crippen molar-refractivity contribution in [2.24, 2.45) is 23.7 Å². The van der Waals surface area contributed by atoms with Crippen molar-refractivity contribution in [2.45, 2.75) is 6.42 Å². The van der Waals surface area contributed by atoms with Crippen molar-refractivity contribution in [1.29, 1.82) is 0 Å². The smallest absolute Gasteiger partial charge is 0.307 e. The van der Waals surface area contributed by atoms with Crippen LogP contribution in [0.25, 0.3) is 0 Å². The Kier molecular flexibility index (Phi) is 4.13. The number of nitrogens with zero attached hydrogens (tertiary/aromatic N) is 1. The maximum absolute atomic E-state index is 12.6. The molecule has 0 aliphatic heterocycles. The zero-order valence-electron chi connectivity index (χ0n) is 13.6. The molecule has 1 saturated carbocycles. The van der Waals surface area contributed by atoms with Gasteiger partial charge < -0.3 is 15.3 Å². The molecular weight excluding hydrogens is 308 g/mol. The van der Waals surface area contributed by atoms with Crippen LogP contribution in [0.5, 0.6) is 0 Å². The summed E-state index contributed by atoms with van der Waals surface area (Å²) >= 11 is 0. The standard InChI is InChI=1S/C18H20N2O4/c1-20(2)17(22)12-4-3-5-13(9-12)19-16(21)14-10-6-7-11(8-10)15(14)18(23)24/h3-7,9-11,14-15H,8H2,1-2H3,(H,19,21)(H,23,24)/t10-,11-,14-,15+/m0/s1. The average molecular weight is 328 g/mol. The number of amides is 2. The van der Waals surface area contributed by atoms with Crippen LogP contribution >= 0.6 is 0 Å². The van der Waals surface area contributed by atoms with Crippen LogP contribution in [0.3, 0.4) is 0 Å². The highest BCUT2D eigenvalue weighted by atomic mass is 16.4. The van der Waals surface area contributed by atoms with E-state index in [1.165, 1.54) is 4.90 Å². The lowest BCUT2D eigenvalue weighted by Gasteiger charge is -2.24. The molecule has 2 N–H and O–H groups in total.